The number of carbonyl (C=O) groups excluding carboxylic acids is 1. The van der Waals surface area contributed by atoms with Crippen molar-refractivity contribution in [3.63, 3.8) is 0 Å². The molecule has 1 atom stereocenters. The Morgan fingerprint density at radius 1 is 1.43 bits per heavy atom. The lowest BCUT2D eigenvalue weighted by molar-refractivity contribution is -0.123. The van der Waals surface area contributed by atoms with E-state index in [0.29, 0.717) is 12.6 Å². The minimum absolute atomic E-state index is 0.0486. The minimum Gasteiger partial charge on any atom is -0.484 e. The number of nitrogens with zero attached hydrogens (tertiary/aromatic N) is 2. The van der Waals surface area contributed by atoms with Crippen LogP contribution in [-0.4, -0.2) is 36.6 Å². The lowest BCUT2D eigenvalue weighted by Crippen LogP contribution is -2.41. The molecule has 0 aliphatic carbocycles. The lowest BCUT2D eigenvalue weighted by Gasteiger charge is -2.24. The van der Waals surface area contributed by atoms with Gasteiger partial charge >= 0.3 is 0 Å². The average Bonchev–Trinajstić information content (AvgIpc) is 3.23. The van der Waals surface area contributed by atoms with Crippen LogP contribution >= 0.6 is 11.3 Å². The highest BCUT2D eigenvalue weighted by atomic mass is 32.1. The maximum atomic E-state index is 12.0. The second kappa shape index (κ2) is 7.46. The summed E-state index contributed by atoms with van der Waals surface area (Å²) < 4.78 is 5.50. The Morgan fingerprint density at radius 2 is 2.26 bits per heavy atom. The maximum absolute atomic E-state index is 12.0. The Morgan fingerprint density at radius 3 is 3.00 bits per heavy atom. The molecule has 1 aliphatic rings. The summed E-state index contributed by atoms with van der Waals surface area (Å²) in [5.74, 6) is 0.632. The predicted molar refractivity (Wildman–Crippen MR) is 92.2 cm³/mol. The van der Waals surface area contributed by atoms with Crippen LogP contribution in [-0.2, 0) is 4.79 Å². The number of ether oxygens (including phenoxy) is 1. The highest BCUT2D eigenvalue weighted by molar-refractivity contribution is 7.13. The molecule has 1 N–H and O–H groups in total. The van der Waals surface area contributed by atoms with Gasteiger partial charge in [0.25, 0.3) is 5.91 Å². The number of benzene rings is 1. The van der Waals surface area contributed by atoms with E-state index in [-0.39, 0.29) is 12.5 Å². The van der Waals surface area contributed by atoms with Gasteiger partial charge in [-0.1, -0.05) is 17.7 Å². The smallest absolute Gasteiger partial charge is 0.258 e. The van der Waals surface area contributed by atoms with Crippen LogP contribution in [0.15, 0.2) is 35.8 Å². The van der Waals surface area contributed by atoms with E-state index >= 15 is 0 Å². The van der Waals surface area contributed by atoms with Crippen molar-refractivity contribution in [3.8, 4) is 5.75 Å². The average molecular weight is 331 g/mol. The van der Waals surface area contributed by atoms with Gasteiger partial charge in [-0.25, -0.2) is 4.98 Å². The molecule has 1 saturated heterocycles. The molecule has 1 aromatic carbocycles. The highest BCUT2D eigenvalue weighted by Crippen LogP contribution is 2.26. The normalized spacial score (nSPS) is 17.3. The molecule has 6 heteroatoms. The number of carbonyl (C=O) groups is 1. The number of hydrogen-bond acceptors (Lipinski definition) is 5. The topological polar surface area (TPSA) is 54.5 Å². The fraction of sp³-hybridized carbons (Fsp3) is 0.412. The molecule has 1 unspecified atom stereocenters. The summed E-state index contributed by atoms with van der Waals surface area (Å²) in [6.45, 7) is 3.71. The second-order valence-electron chi connectivity index (χ2n) is 5.71. The number of aryl methyl sites for hydroxylation is 1. The van der Waals surface area contributed by atoms with Gasteiger partial charge in [0.1, 0.15) is 5.75 Å². The van der Waals surface area contributed by atoms with E-state index in [1.54, 1.807) is 11.3 Å². The van der Waals surface area contributed by atoms with Crippen molar-refractivity contribution in [1.82, 2.24) is 10.3 Å². The molecule has 2 heterocycles. The molecular formula is C17H21N3O2S. The molecular weight excluding hydrogens is 310 g/mol. The van der Waals surface area contributed by atoms with Crippen LogP contribution in [0.3, 0.4) is 0 Å². The molecule has 1 aliphatic heterocycles. The molecule has 2 aromatic rings. The van der Waals surface area contributed by atoms with Crippen LogP contribution in [0.4, 0.5) is 5.13 Å². The SMILES string of the molecule is Cc1ccc(OCC(=O)NCC2CCCN2c2nccs2)cc1. The van der Waals surface area contributed by atoms with Crippen molar-refractivity contribution in [2.45, 2.75) is 25.8 Å². The Hall–Kier alpha value is -2.08. The first-order valence-corrected chi connectivity index (χ1v) is 8.72. The maximum Gasteiger partial charge on any atom is 0.258 e. The fourth-order valence-electron chi connectivity index (χ4n) is 2.72. The van der Waals surface area contributed by atoms with E-state index < -0.39 is 0 Å². The van der Waals surface area contributed by atoms with Crippen molar-refractivity contribution in [2.75, 3.05) is 24.6 Å². The highest BCUT2D eigenvalue weighted by Gasteiger charge is 2.26. The van der Waals surface area contributed by atoms with Gasteiger partial charge in [-0.05, 0) is 31.9 Å². The van der Waals surface area contributed by atoms with Gasteiger partial charge in [0.2, 0.25) is 0 Å². The van der Waals surface area contributed by atoms with E-state index in [0.717, 1.165) is 30.3 Å². The van der Waals surface area contributed by atoms with Crippen LogP contribution in [0, 0.1) is 6.92 Å². The van der Waals surface area contributed by atoms with Crippen molar-refractivity contribution < 1.29 is 9.53 Å². The molecule has 1 aromatic heterocycles. The summed E-state index contributed by atoms with van der Waals surface area (Å²) in [5.41, 5.74) is 1.17. The molecule has 0 spiro atoms. The number of hydrogen-bond donors (Lipinski definition) is 1. The molecule has 1 fully saturated rings. The third-order valence-corrected chi connectivity index (χ3v) is 4.78. The Bertz CT molecular complexity index is 628. The minimum atomic E-state index is -0.0865. The number of aromatic nitrogens is 1. The largest absolute Gasteiger partial charge is 0.484 e. The first-order valence-electron chi connectivity index (χ1n) is 7.84. The van der Waals surface area contributed by atoms with Gasteiger partial charge in [0, 0.05) is 30.7 Å². The second-order valence-corrected chi connectivity index (χ2v) is 6.58. The Kier molecular flexibility index (Phi) is 5.12. The summed E-state index contributed by atoms with van der Waals surface area (Å²) in [6, 6.07) is 8.02. The molecule has 0 bridgehead atoms. The van der Waals surface area contributed by atoms with Gasteiger partial charge in [0.05, 0.1) is 0 Å². The Labute approximate surface area is 140 Å². The van der Waals surface area contributed by atoms with Gasteiger partial charge in [-0.15, -0.1) is 11.3 Å². The zero-order chi connectivity index (χ0) is 16.1. The van der Waals surface area contributed by atoms with Crippen molar-refractivity contribution >= 4 is 22.4 Å². The van der Waals surface area contributed by atoms with Crippen molar-refractivity contribution in [2.24, 2.45) is 0 Å². The number of thiazole rings is 1. The quantitative estimate of drug-likeness (QED) is 0.884. The van der Waals surface area contributed by atoms with E-state index in [4.69, 9.17) is 4.74 Å². The van der Waals surface area contributed by atoms with Crippen LogP contribution in [0.1, 0.15) is 18.4 Å². The van der Waals surface area contributed by atoms with Crippen molar-refractivity contribution in [3.05, 3.63) is 41.4 Å². The number of rotatable bonds is 6. The molecule has 3 rings (SSSR count). The van der Waals surface area contributed by atoms with Crippen LogP contribution < -0.4 is 15.0 Å². The standard InChI is InChI=1S/C17H21N3O2S/c1-13-4-6-15(7-5-13)22-12-16(21)19-11-14-3-2-9-20(14)17-18-8-10-23-17/h4-8,10,14H,2-3,9,11-12H2,1H3,(H,19,21). The monoisotopic (exact) mass is 331 g/mol. The van der Waals surface area contributed by atoms with Gasteiger partial charge in [-0.2, -0.15) is 0 Å². The van der Waals surface area contributed by atoms with E-state index in [9.17, 15) is 4.79 Å². The summed E-state index contributed by atoms with van der Waals surface area (Å²) >= 11 is 1.64. The summed E-state index contributed by atoms with van der Waals surface area (Å²) in [4.78, 5) is 18.6. The van der Waals surface area contributed by atoms with E-state index in [1.165, 1.54) is 5.56 Å². The van der Waals surface area contributed by atoms with Gasteiger partial charge in [-0.3, -0.25) is 4.79 Å². The van der Waals surface area contributed by atoms with Crippen molar-refractivity contribution in [1.29, 1.82) is 0 Å². The van der Waals surface area contributed by atoms with Gasteiger partial charge < -0.3 is 15.0 Å². The number of anilines is 1. The lowest BCUT2D eigenvalue weighted by atomic mass is 10.2. The molecule has 0 saturated carbocycles. The van der Waals surface area contributed by atoms with E-state index in [2.05, 4.69) is 15.2 Å². The molecule has 23 heavy (non-hydrogen) atoms. The third-order valence-electron chi connectivity index (χ3n) is 3.97. The number of nitrogens with one attached hydrogen (secondary N) is 1. The van der Waals surface area contributed by atoms with Crippen LogP contribution in [0.25, 0.3) is 0 Å². The van der Waals surface area contributed by atoms with E-state index in [1.807, 2.05) is 42.8 Å². The molecule has 1 amide bonds. The van der Waals surface area contributed by atoms with Crippen LogP contribution in [0.5, 0.6) is 5.75 Å². The first-order chi connectivity index (χ1) is 11.2. The zero-order valence-electron chi connectivity index (χ0n) is 13.2. The summed E-state index contributed by atoms with van der Waals surface area (Å²) in [7, 11) is 0. The third kappa shape index (κ3) is 4.22. The summed E-state index contributed by atoms with van der Waals surface area (Å²) in [5, 5.41) is 5.99. The Balaban J connectivity index is 1.44. The summed E-state index contributed by atoms with van der Waals surface area (Å²) in [6.07, 6.45) is 4.04. The predicted octanol–water partition coefficient (Wildman–Crippen LogP) is 2.62. The molecule has 5 nitrogen and oxygen atoms in total. The molecule has 0 radical (unpaired) electrons. The fourth-order valence-corrected chi connectivity index (χ4v) is 3.46. The zero-order valence-corrected chi connectivity index (χ0v) is 14.0. The first kappa shape index (κ1) is 15.8. The molecule has 122 valence electrons. The van der Waals surface area contributed by atoms with Crippen LogP contribution in [0.2, 0.25) is 0 Å². The number of amides is 1. The van der Waals surface area contributed by atoms with Gasteiger partial charge in [0.15, 0.2) is 11.7 Å².